The van der Waals surface area contributed by atoms with Crippen LogP contribution in [0.15, 0.2) is 72.8 Å². The van der Waals surface area contributed by atoms with Gasteiger partial charge in [0, 0.05) is 17.6 Å². The van der Waals surface area contributed by atoms with E-state index in [1.165, 1.54) is 0 Å². The molecule has 0 unspecified atom stereocenters. The summed E-state index contributed by atoms with van der Waals surface area (Å²) in [4.78, 5) is 17.1. The van der Waals surface area contributed by atoms with E-state index in [0.29, 0.717) is 13.2 Å². The van der Waals surface area contributed by atoms with Gasteiger partial charge in [-0.05, 0) is 73.7 Å². The molecule has 1 amide bonds. The van der Waals surface area contributed by atoms with Crippen molar-refractivity contribution in [3.05, 3.63) is 100 Å². The summed E-state index contributed by atoms with van der Waals surface area (Å²) in [6, 6.07) is 21.8. The van der Waals surface area contributed by atoms with E-state index in [1.807, 2.05) is 80.6 Å². The van der Waals surface area contributed by atoms with Gasteiger partial charge in [-0.2, -0.15) is 0 Å². The van der Waals surface area contributed by atoms with E-state index < -0.39 is 0 Å². The SMILES string of the molecule is Cc1cc(OCCCCn2c(CNC(=O)/C=C\c3ccccc3)nc3ccccc32)cc(C)c1Cl. The van der Waals surface area contributed by atoms with Gasteiger partial charge in [0.05, 0.1) is 24.2 Å². The summed E-state index contributed by atoms with van der Waals surface area (Å²) in [6.07, 6.45) is 5.20. The van der Waals surface area contributed by atoms with Crippen LogP contribution in [0.25, 0.3) is 17.1 Å². The Bertz CT molecular complexity index is 1310. The quantitative estimate of drug-likeness (QED) is 0.205. The van der Waals surface area contributed by atoms with E-state index in [-0.39, 0.29) is 5.91 Å². The number of imidazole rings is 1. The van der Waals surface area contributed by atoms with Gasteiger partial charge in [0.1, 0.15) is 11.6 Å². The van der Waals surface area contributed by atoms with Crippen LogP contribution in [0, 0.1) is 13.8 Å². The molecular weight excluding hydrogens is 458 g/mol. The van der Waals surface area contributed by atoms with Crippen LogP contribution in [0.2, 0.25) is 5.02 Å². The second-order valence-corrected chi connectivity index (χ2v) is 8.93. The number of halogens is 1. The smallest absolute Gasteiger partial charge is 0.244 e. The highest BCUT2D eigenvalue weighted by Crippen LogP contribution is 2.26. The summed E-state index contributed by atoms with van der Waals surface area (Å²) in [5.41, 5.74) is 5.04. The molecule has 0 fully saturated rings. The van der Waals surface area contributed by atoms with Crippen molar-refractivity contribution >= 4 is 34.6 Å². The van der Waals surface area contributed by atoms with Crippen LogP contribution in [0.4, 0.5) is 0 Å². The van der Waals surface area contributed by atoms with Crippen molar-refractivity contribution in [2.24, 2.45) is 0 Å². The fourth-order valence-electron chi connectivity index (χ4n) is 4.02. The molecule has 0 aliphatic rings. The molecule has 6 heteroatoms. The maximum absolute atomic E-state index is 12.4. The third kappa shape index (κ3) is 6.52. The lowest BCUT2D eigenvalue weighted by Crippen LogP contribution is -2.22. The van der Waals surface area contributed by atoms with E-state index in [4.69, 9.17) is 21.3 Å². The Hall–Kier alpha value is -3.57. The molecular formula is C29H30ClN3O2. The number of para-hydroxylation sites is 2. The van der Waals surface area contributed by atoms with Crippen LogP contribution in [0.3, 0.4) is 0 Å². The Morgan fingerprint density at radius 2 is 1.74 bits per heavy atom. The lowest BCUT2D eigenvalue weighted by molar-refractivity contribution is -0.116. The largest absolute Gasteiger partial charge is 0.494 e. The van der Waals surface area contributed by atoms with E-state index in [0.717, 1.165) is 63.7 Å². The average molecular weight is 488 g/mol. The van der Waals surface area contributed by atoms with Crippen LogP contribution in [0.5, 0.6) is 5.75 Å². The van der Waals surface area contributed by atoms with Crippen molar-refractivity contribution in [3.63, 3.8) is 0 Å². The highest BCUT2D eigenvalue weighted by atomic mass is 35.5. The first-order valence-electron chi connectivity index (χ1n) is 11.9. The standard InChI is InChI=1S/C29H30ClN3O2/c1-21-18-24(19-22(2)29(21)30)35-17-9-8-16-33-26-13-7-6-12-25(26)32-27(33)20-31-28(34)15-14-23-10-4-3-5-11-23/h3-7,10-15,18-19H,8-9,16-17,20H2,1-2H3,(H,31,34)/b15-14-. The van der Waals surface area contributed by atoms with Crippen molar-refractivity contribution in [2.45, 2.75) is 39.8 Å². The maximum Gasteiger partial charge on any atom is 0.244 e. The molecule has 0 aliphatic carbocycles. The number of aryl methyl sites for hydroxylation is 3. The maximum atomic E-state index is 12.4. The monoisotopic (exact) mass is 487 g/mol. The molecule has 1 aromatic heterocycles. The number of hydrogen-bond donors (Lipinski definition) is 1. The highest BCUT2D eigenvalue weighted by molar-refractivity contribution is 6.32. The van der Waals surface area contributed by atoms with Crippen molar-refractivity contribution in [2.75, 3.05) is 6.61 Å². The molecule has 0 saturated carbocycles. The Morgan fingerprint density at radius 1 is 1.03 bits per heavy atom. The van der Waals surface area contributed by atoms with Gasteiger partial charge in [0.25, 0.3) is 0 Å². The van der Waals surface area contributed by atoms with Gasteiger partial charge in [-0.15, -0.1) is 0 Å². The van der Waals surface area contributed by atoms with E-state index in [9.17, 15) is 4.79 Å². The predicted octanol–water partition coefficient (Wildman–Crippen LogP) is 6.50. The second-order valence-electron chi connectivity index (χ2n) is 8.56. The number of nitrogens with zero attached hydrogens (tertiary/aromatic N) is 2. The molecule has 1 N–H and O–H groups in total. The molecule has 180 valence electrons. The third-order valence-electron chi connectivity index (χ3n) is 5.84. The van der Waals surface area contributed by atoms with E-state index in [2.05, 4.69) is 16.0 Å². The molecule has 0 saturated heterocycles. The molecule has 0 radical (unpaired) electrons. The second kappa shape index (κ2) is 11.7. The number of hydrogen-bond acceptors (Lipinski definition) is 3. The first-order chi connectivity index (χ1) is 17.0. The lowest BCUT2D eigenvalue weighted by Gasteiger charge is -2.12. The Morgan fingerprint density at radius 3 is 2.51 bits per heavy atom. The molecule has 0 aliphatic heterocycles. The van der Waals surface area contributed by atoms with Crippen LogP contribution >= 0.6 is 11.6 Å². The number of amides is 1. The van der Waals surface area contributed by atoms with E-state index in [1.54, 1.807) is 6.08 Å². The number of carbonyl (C=O) groups excluding carboxylic acids is 1. The minimum absolute atomic E-state index is 0.144. The zero-order valence-electron chi connectivity index (χ0n) is 20.1. The van der Waals surface area contributed by atoms with Gasteiger partial charge in [0.2, 0.25) is 5.91 Å². The van der Waals surface area contributed by atoms with Crippen LogP contribution in [-0.4, -0.2) is 22.1 Å². The zero-order chi connectivity index (χ0) is 24.6. The van der Waals surface area contributed by atoms with Crippen molar-refractivity contribution in [1.29, 1.82) is 0 Å². The molecule has 1 heterocycles. The van der Waals surface area contributed by atoms with Gasteiger partial charge < -0.3 is 14.6 Å². The fraction of sp³-hybridized carbons (Fsp3) is 0.241. The van der Waals surface area contributed by atoms with Crippen molar-refractivity contribution < 1.29 is 9.53 Å². The summed E-state index contributed by atoms with van der Waals surface area (Å²) in [5, 5.41) is 3.76. The lowest BCUT2D eigenvalue weighted by atomic mass is 10.1. The molecule has 0 atom stereocenters. The molecule has 4 rings (SSSR count). The number of rotatable bonds is 10. The van der Waals surface area contributed by atoms with Gasteiger partial charge in [-0.25, -0.2) is 4.98 Å². The number of ether oxygens (including phenoxy) is 1. The minimum atomic E-state index is -0.144. The number of nitrogens with one attached hydrogen (secondary N) is 1. The number of benzene rings is 3. The van der Waals surface area contributed by atoms with Crippen molar-refractivity contribution in [1.82, 2.24) is 14.9 Å². The number of carbonyl (C=O) groups is 1. The molecule has 35 heavy (non-hydrogen) atoms. The van der Waals surface area contributed by atoms with Crippen LogP contribution < -0.4 is 10.1 Å². The molecule has 5 nitrogen and oxygen atoms in total. The van der Waals surface area contributed by atoms with Gasteiger partial charge in [0.15, 0.2) is 0 Å². The van der Waals surface area contributed by atoms with Crippen LogP contribution in [0.1, 0.15) is 35.4 Å². The fourth-order valence-corrected chi connectivity index (χ4v) is 4.13. The van der Waals surface area contributed by atoms with Crippen molar-refractivity contribution in [3.8, 4) is 5.75 Å². The normalized spacial score (nSPS) is 11.3. The average Bonchev–Trinajstić information content (AvgIpc) is 3.22. The Kier molecular flexibility index (Phi) is 8.22. The summed E-state index contributed by atoms with van der Waals surface area (Å²) in [5.74, 6) is 1.55. The number of aromatic nitrogens is 2. The topological polar surface area (TPSA) is 56.1 Å². The third-order valence-corrected chi connectivity index (χ3v) is 6.43. The molecule has 3 aromatic carbocycles. The predicted molar refractivity (Wildman–Crippen MR) is 143 cm³/mol. The number of fused-ring (bicyclic) bond motifs is 1. The molecule has 0 bridgehead atoms. The first-order valence-corrected chi connectivity index (χ1v) is 12.2. The summed E-state index contributed by atoms with van der Waals surface area (Å²) >= 11 is 6.25. The van der Waals surface area contributed by atoms with Gasteiger partial charge in [-0.3, -0.25) is 4.79 Å². The number of unbranched alkanes of at least 4 members (excludes halogenated alkanes) is 1. The Labute approximate surface area is 211 Å². The highest BCUT2D eigenvalue weighted by Gasteiger charge is 2.11. The minimum Gasteiger partial charge on any atom is -0.494 e. The molecule has 0 spiro atoms. The van der Waals surface area contributed by atoms with Crippen LogP contribution in [-0.2, 0) is 17.9 Å². The summed E-state index contributed by atoms with van der Waals surface area (Å²) < 4.78 is 8.14. The van der Waals surface area contributed by atoms with E-state index >= 15 is 0 Å². The Balaban J connectivity index is 1.34. The summed E-state index contributed by atoms with van der Waals surface area (Å²) in [6.45, 7) is 5.78. The first kappa shape index (κ1) is 24.6. The summed E-state index contributed by atoms with van der Waals surface area (Å²) in [7, 11) is 0. The van der Waals surface area contributed by atoms with Gasteiger partial charge >= 0.3 is 0 Å². The van der Waals surface area contributed by atoms with Gasteiger partial charge in [-0.1, -0.05) is 54.1 Å². The zero-order valence-corrected chi connectivity index (χ0v) is 20.9. The molecule has 4 aromatic rings.